The molecule has 1 fully saturated rings. The van der Waals surface area contributed by atoms with E-state index in [1.54, 1.807) is 0 Å². The second-order valence-corrected chi connectivity index (χ2v) is 7.49. The minimum atomic E-state index is -0.729. The van der Waals surface area contributed by atoms with Crippen LogP contribution in [0.2, 0.25) is 0 Å². The molecule has 0 aliphatic heterocycles. The van der Waals surface area contributed by atoms with Crippen molar-refractivity contribution >= 4 is 12.0 Å². The summed E-state index contributed by atoms with van der Waals surface area (Å²) in [6, 6.07) is 20.1. The zero-order valence-corrected chi connectivity index (χ0v) is 16.0. The summed E-state index contributed by atoms with van der Waals surface area (Å²) in [6.45, 7) is 0. The zero-order chi connectivity index (χ0) is 19.8. The average molecular weight is 380 g/mol. The maximum absolute atomic E-state index is 12.6. The normalized spacial score (nSPS) is 20.1. The van der Waals surface area contributed by atoms with Crippen molar-refractivity contribution in [3.8, 4) is 0 Å². The van der Waals surface area contributed by atoms with Gasteiger partial charge >= 0.3 is 12.0 Å². The number of carbonyl (C=O) groups excluding carboxylic acids is 1. The van der Waals surface area contributed by atoms with Crippen molar-refractivity contribution in [2.24, 2.45) is 5.92 Å². The predicted molar refractivity (Wildman–Crippen MR) is 109 cm³/mol. The molecule has 148 valence electrons. The van der Waals surface area contributed by atoms with Gasteiger partial charge in [0.2, 0.25) is 0 Å². The Labute approximate surface area is 166 Å². The van der Waals surface area contributed by atoms with Crippen LogP contribution in [0.5, 0.6) is 0 Å². The summed E-state index contributed by atoms with van der Waals surface area (Å²) in [5, 5.41) is 15.3. The third-order valence-electron chi connectivity index (χ3n) is 5.48. The van der Waals surface area contributed by atoms with E-state index in [1.807, 2.05) is 48.5 Å². The quantitative estimate of drug-likeness (QED) is 0.670. The van der Waals surface area contributed by atoms with E-state index >= 15 is 0 Å². The summed E-state index contributed by atoms with van der Waals surface area (Å²) in [7, 11) is 0. The summed E-state index contributed by atoms with van der Waals surface area (Å²) < 4.78 is 0. The second kappa shape index (κ2) is 9.93. The molecule has 2 amide bonds. The van der Waals surface area contributed by atoms with Crippen molar-refractivity contribution in [1.29, 1.82) is 0 Å². The van der Waals surface area contributed by atoms with Crippen LogP contribution in [0.3, 0.4) is 0 Å². The second-order valence-electron chi connectivity index (χ2n) is 7.49. The fraction of sp³-hybridized carbons (Fsp3) is 0.391. The van der Waals surface area contributed by atoms with Gasteiger partial charge in [-0.15, -0.1) is 0 Å². The van der Waals surface area contributed by atoms with Gasteiger partial charge in [-0.3, -0.25) is 4.79 Å². The number of aryl methyl sites for hydroxylation is 1. The first-order chi connectivity index (χ1) is 13.6. The van der Waals surface area contributed by atoms with Crippen molar-refractivity contribution in [3.63, 3.8) is 0 Å². The summed E-state index contributed by atoms with van der Waals surface area (Å²) in [5.74, 6) is -1.00. The van der Waals surface area contributed by atoms with Gasteiger partial charge in [-0.25, -0.2) is 4.79 Å². The highest BCUT2D eigenvalue weighted by atomic mass is 16.4. The number of carboxylic acids is 1. The lowest BCUT2D eigenvalue weighted by Gasteiger charge is -2.28. The third-order valence-corrected chi connectivity index (χ3v) is 5.48. The number of urea groups is 1. The van der Waals surface area contributed by atoms with Gasteiger partial charge in [-0.2, -0.15) is 0 Å². The van der Waals surface area contributed by atoms with Gasteiger partial charge in [-0.05, 0) is 49.7 Å². The topological polar surface area (TPSA) is 78.4 Å². The molecule has 2 aromatic carbocycles. The number of amides is 2. The summed E-state index contributed by atoms with van der Waals surface area (Å²) in [4.78, 5) is 23.7. The number of benzene rings is 2. The summed E-state index contributed by atoms with van der Waals surface area (Å²) in [6.07, 6.45) is 4.36. The lowest BCUT2D eigenvalue weighted by atomic mass is 9.86. The van der Waals surface area contributed by atoms with Gasteiger partial charge in [0.25, 0.3) is 0 Å². The Morgan fingerprint density at radius 1 is 0.929 bits per heavy atom. The molecular formula is C23H28N2O3. The smallest absolute Gasteiger partial charge is 0.315 e. The van der Waals surface area contributed by atoms with Crippen LogP contribution < -0.4 is 10.6 Å². The standard InChI is InChI=1S/C23H28N2O3/c26-22(27)19-12-14-20(15-13-19)24-23(28)25-21(18-9-5-2-6-10-18)16-11-17-7-3-1-4-8-17/h1-10,19-21H,11-16H2,(H,26,27)(H2,24,25,28). The van der Waals surface area contributed by atoms with Gasteiger partial charge in [0, 0.05) is 6.04 Å². The van der Waals surface area contributed by atoms with Crippen LogP contribution in [-0.4, -0.2) is 23.1 Å². The van der Waals surface area contributed by atoms with Crippen LogP contribution in [0.25, 0.3) is 0 Å². The van der Waals surface area contributed by atoms with Gasteiger partial charge in [-0.1, -0.05) is 60.7 Å². The molecule has 1 aliphatic rings. The minimum absolute atomic E-state index is 0.0427. The van der Waals surface area contributed by atoms with Crippen molar-refractivity contribution in [1.82, 2.24) is 10.6 Å². The molecule has 1 saturated carbocycles. The molecule has 3 rings (SSSR count). The van der Waals surface area contributed by atoms with E-state index in [9.17, 15) is 9.59 Å². The monoisotopic (exact) mass is 380 g/mol. The number of aliphatic carboxylic acids is 1. The van der Waals surface area contributed by atoms with Crippen LogP contribution in [0.4, 0.5) is 4.79 Å². The molecule has 0 aromatic heterocycles. The average Bonchev–Trinajstić information content (AvgIpc) is 2.73. The SMILES string of the molecule is O=C(NC1CCC(C(=O)O)CC1)NC(CCc1ccccc1)c1ccccc1. The molecule has 1 atom stereocenters. The summed E-state index contributed by atoms with van der Waals surface area (Å²) >= 11 is 0. The maximum atomic E-state index is 12.6. The molecule has 3 N–H and O–H groups in total. The van der Waals surface area contributed by atoms with Crippen LogP contribution >= 0.6 is 0 Å². The molecular weight excluding hydrogens is 352 g/mol. The van der Waals surface area contributed by atoms with Crippen molar-refractivity contribution in [2.75, 3.05) is 0 Å². The highest BCUT2D eigenvalue weighted by Gasteiger charge is 2.27. The van der Waals surface area contributed by atoms with E-state index in [0.29, 0.717) is 25.7 Å². The predicted octanol–water partition coefficient (Wildman–Crippen LogP) is 4.30. The Balaban J connectivity index is 1.56. The maximum Gasteiger partial charge on any atom is 0.315 e. The molecule has 0 bridgehead atoms. The lowest BCUT2D eigenvalue weighted by Crippen LogP contribution is -2.45. The molecule has 0 radical (unpaired) electrons. The van der Waals surface area contributed by atoms with E-state index in [1.165, 1.54) is 5.56 Å². The molecule has 0 heterocycles. The van der Waals surface area contributed by atoms with E-state index in [2.05, 4.69) is 22.8 Å². The Kier molecular flexibility index (Phi) is 7.06. The van der Waals surface area contributed by atoms with Gasteiger partial charge in [0.05, 0.1) is 12.0 Å². The van der Waals surface area contributed by atoms with Gasteiger partial charge in [0.1, 0.15) is 0 Å². The number of rotatable bonds is 7. The van der Waals surface area contributed by atoms with Crippen LogP contribution in [0.1, 0.15) is 49.3 Å². The van der Waals surface area contributed by atoms with Crippen molar-refractivity contribution < 1.29 is 14.7 Å². The van der Waals surface area contributed by atoms with E-state index in [0.717, 1.165) is 18.4 Å². The van der Waals surface area contributed by atoms with Crippen molar-refractivity contribution in [2.45, 2.75) is 50.6 Å². The number of nitrogens with one attached hydrogen (secondary N) is 2. The molecule has 2 aromatic rings. The molecule has 28 heavy (non-hydrogen) atoms. The number of carboxylic acid groups (broad SMARTS) is 1. The molecule has 0 spiro atoms. The first-order valence-corrected chi connectivity index (χ1v) is 10.0. The highest BCUT2D eigenvalue weighted by Crippen LogP contribution is 2.25. The molecule has 1 unspecified atom stereocenters. The zero-order valence-electron chi connectivity index (χ0n) is 16.0. The van der Waals surface area contributed by atoms with Gasteiger partial charge < -0.3 is 15.7 Å². The molecule has 1 aliphatic carbocycles. The van der Waals surface area contributed by atoms with Gasteiger partial charge in [0.15, 0.2) is 0 Å². The first-order valence-electron chi connectivity index (χ1n) is 10.0. The van der Waals surface area contributed by atoms with Crippen LogP contribution in [0.15, 0.2) is 60.7 Å². The molecule has 5 heteroatoms. The Bertz CT molecular complexity index is 756. The fourth-order valence-electron chi connectivity index (χ4n) is 3.83. The minimum Gasteiger partial charge on any atom is -0.481 e. The molecule has 5 nitrogen and oxygen atoms in total. The van der Waals surface area contributed by atoms with Crippen LogP contribution in [0, 0.1) is 5.92 Å². The first kappa shape index (κ1) is 19.9. The molecule has 0 saturated heterocycles. The number of hydrogen-bond acceptors (Lipinski definition) is 2. The fourth-order valence-corrected chi connectivity index (χ4v) is 3.83. The van der Waals surface area contributed by atoms with Crippen molar-refractivity contribution in [3.05, 3.63) is 71.8 Å². The Morgan fingerprint density at radius 3 is 2.14 bits per heavy atom. The summed E-state index contributed by atoms with van der Waals surface area (Å²) in [5.41, 5.74) is 2.33. The largest absolute Gasteiger partial charge is 0.481 e. The highest BCUT2D eigenvalue weighted by molar-refractivity contribution is 5.75. The van der Waals surface area contributed by atoms with E-state index in [-0.39, 0.29) is 24.0 Å². The van der Waals surface area contributed by atoms with E-state index < -0.39 is 5.97 Å². The Morgan fingerprint density at radius 2 is 1.54 bits per heavy atom. The Hall–Kier alpha value is -2.82. The van der Waals surface area contributed by atoms with E-state index in [4.69, 9.17) is 5.11 Å². The number of carbonyl (C=O) groups is 2. The lowest BCUT2D eigenvalue weighted by molar-refractivity contribution is -0.142. The van der Waals surface area contributed by atoms with Crippen LogP contribution in [-0.2, 0) is 11.2 Å². The third kappa shape index (κ3) is 5.84. The number of hydrogen-bond donors (Lipinski definition) is 3.